The Hall–Kier alpha value is -0.280. The molecule has 0 aromatic heterocycles. The summed E-state index contributed by atoms with van der Waals surface area (Å²) in [6.07, 6.45) is 0.882. The highest BCUT2D eigenvalue weighted by molar-refractivity contribution is 5.85. The molecule has 1 fully saturated rings. The van der Waals surface area contributed by atoms with Crippen molar-refractivity contribution >= 4 is 18.3 Å². The first kappa shape index (κ1) is 18.7. The van der Waals surface area contributed by atoms with Crippen molar-refractivity contribution in [1.29, 1.82) is 0 Å². The van der Waals surface area contributed by atoms with Crippen LogP contribution >= 0.6 is 12.4 Å². The molecule has 0 bridgehead atoms. The molecule has 0 aromatic carbocycles. The average Bonchev–Trinajstić information content (AvgIpc) is 2.64. The second-order valence-corrected chi connectivity index (χ2v) is 7.33. The first-order valence-electron chi connectivity index (χ1n) is 7.04. The molecule has 1 saturated carbocycles. The van der Waals surface area contributed by atoms with Crippen molar-refractivity contribution in [2.45, 2.75) is 54.0 Å². The smallest absolute Gasteiger partial charge is 0.226 e. The highest BCUT2D eigenvalue weighted by Crippen LogP contribution is 2.68. The molecule has 1 aliphatic rings. The van der Waals surface area contributed by atoms with E-state index in [9.17, 15) is 4.79 Å². The maximum Gasteiger partial charge on any atom is 0.226 e. The fourth-order valence-electron chi connectivity index (χ4n) is 2.82. The Balaban J connectivity index is 0.00000324. The number of halogens is 1. The summed E-state index contributed by atoms with van der Waals surface area (Å²) in [5.74, 6) is 0.911. The highest BCUT2D eigenvalue weighted by Gasteiger charge is 2.68. The van der Waals surface area contributed by atoms with Gasteiger partial charge in [-0.3, -0.25) is 4.79 Å². The van der Waals surface area contributed by atoms with Gasteiger partial charge in [-0.2, -0.15) is 0 Å². The van der Waals surface area contributed by atoms with Gasteiger partial charge in [-0.15, -0.1) is 12.4 Å². The molecule has 114 valence electrons. The van der Waals surface area contributed by atoms with Gasteiger partial charge in [0.2, 0.25) is 5.91 Å². The van der Waals surface area contributed by atoms with Gasteiger partial charge in [0.25, 0.3) is 0 Å². The van der Waals surface area contributed by atoms with Gasteiger partial charge < -0.3 is 10.6 Å². The molecule has 0 aliphatic heterocycles. The van der Waals surface area contributed by atoms with E-state index in [2.05, 4.69) is 41.5 Å². The fraction of sp³-hybridized carbons (Fsp3) is 0.933. The number of carbonyl (C=O) groups excluding carboxylic acids is 1. The van der Waals surface area contributed by atoms with Crippen LogP contribution in [-0.4, -0.2) is 30.4 Å². The lowest BCUT2D eigenvalue weighted by atomic mass is 10.0. The van der Waals surface area contributed by atoms with Crippen LogP contribution in [0.5, 0.6) is 0 Å². The number of nitrogens with zero attached hydrogens (tertiary/aromatic N) is 1. The zero-order chi connectivity index (χ0) is 14.3. The Labute approximate surface area is 124 Å². The molecule has 4 heteroatoms. The molecule has 0 radical (unpaired) electrons. The average molecular weight is 291 g/mol. The van der Waals surface area contributed by atoms with Crippen molar-refractivity contribution in [3.63, 3.8) is 0 Å². The summed E-state index contributed by atoms with van der Waals surface area (Å²) in [6, 6.07) is 0.181. The van der Waals surface area contributed by atoms with Gasteiger partial charge in [-0.05, 0) is 23.2 Å². The van der Waals surface area contributed by atoms with Crippen LogP contribution in [0.15, 0.2) is 0 Å². The third-order valence-corrected chi connectivity index (χ3v) is 5.30. The van der Waals surface area contributed by atoms with Crippen LogP contribution in [0.2, 0.25) is 0 Å². The van der Waals surface area contributed by atoms with E-state index in [4.69, 9.17) is 5.73 Å². The van der Waals surface area contributed by atoms with Crippen molar-refractivity contribution in [2.75, 3.05) is 13.6 Å². The molecule has 2 N–H and O–H groups in total. The Morgan fingerprint density at radius 2 is 1.63 bits per heavy atom. The number of hydrogen-bond acceptors (Lipinski definition) is 2. The molecular formula is C15H31ClN2O. The SMILES string of the molecule is CC(C)C(N)CCN(C)C(=O)C1C(C)(C)C1(C)C.Cl. The number of hydrogen-bond donors (Lipinski definition) is 1. The van der Waals surface area contributed by atoms with Gasteiger partial charge in [0.15, 0.2) is 0 Å². The second-order valence-electron chi connectivity index (χ2n) is 7.33. The van der Waals surface area contributed by atoms with Gasteiger partial charge >= 0.3 is 0 Å². The molecule has 1 unspecified atom stereocenters. The normalized spacial score (nSPS) is 21.7. The molecule has 1 atom stereocenters. The van der Waals surface area contributed by atoms with Crippen LogP contribution < -0.4 is 5.73 Å². The number of nitrogens with two attached hydrogens (primary N) is 1. The molecule has 0 spiro atoms. The summed E-state index contributed by atoms with van der Waals surface area (Å²) in [4.78, 5) is 14.3. The Kier molecular flexibility index (Phi) is 5.92. The molecule has 1 aliphatic carbocycles. The van der Waals surface area contributed by atoms with Gasteiger partial charge in [0.05, 0.1) is 0 Å². The Morgan fingerprint density at radius 1 is 1.21 bits per heavy atom. The monoisotopic (exact) mass is 290 g/mol. The number of carbonyl (C=O) groups is 1. The summed E-state index contributed by atoms with van der Waals surface area (Å²) >= 11 is 0. The van der Waals surface area contributed by atoms with Crippen molar-refractivity contribution in [2.24, 2.45) is 28.4 Å². The molecule has 1 rings (SSSR count). The van der Waals surface area contributed by atoms with E-state index in [1.54, 1.807) is 0 Å². The van der Waals surface area contributed by atoms with E-state index in [0.717, 1.165) is 13.0 Å². The van der Waals surface area contributed by atoms with Crippen LogP contribution in [-0.2, 0) is 4.79 Å². The minimum atomic E-state index is 0. The maximum atomic E-state index is 12.4. The highest BCUT2D eigenvalue weighted by atomic mass is 35.5. The van der Waals surface area contributed by atoms with Crippen molar-refractivity contribution in [1.82, 2.24) is 4.90 Å². The van der Waals surface area contributed by atoms with Crippen LogP contribution in [0, 0.1) is 22.7 Å². The third-order valence-electron chi connectivity index (χ3n) is 5.30. The largest absolute Gasteiger partial charge is 0.345 e. The minimum absolute atomic E-state index is 0. The molecule has 19 heavy (non-hydrogen) atoms. The Bertz CT molecular complexity index is 312. The lowest BCUT2D eigenvalue weighted by molar-refractivity contribution is -0.132. The predicted molar refractivity (Wildman–Crippen MR) is 83.4 cm³/mol. The Morgan fingerprint density at radius 3 is 1.95 bits per heavy atom. The summed E-state index contributed by atoms with van der Waals surface area (Å²) in [6.45, 7) is 13.7. The standard InChI is InChI=1S/C15H30N2O.ClH/c1-10(2)11(16)8-9-17(7)13(18)12-14(3,4)15(12,5)6;/h10-12H,8-9,16H2,1-7H3;1H. The van der Waals surface area contributed by atoms with Crippen molar-refractivity contribution in [3.8, 4) is 0 Å². The van der Waals surface area contributed by atoms with Crippen LogP contribution in [0.3, 0.4) is 0 Å². The minimum Gasteiger partial charge on any atom is -0.345 e. The van der Waals surface area contributed by atoms with Gasteiger partial charge in [-0.1, -0.05) is 41.5 Å². The lowest BCUT2D eigenvalue weighted by Crippen LogP contribution is -2.36. The van der Waals surface area contributed by atoms with Crippen molar-refractivity contribution < 1.29 is 4.79 Å². The molecule has 0 aromatic rings. The summed E-state index contributed by atoms with van der Waals surface area (Å²) in [5, 5.41) is 0. The zero-order valence-electron chi connectivity index (χ0n) is 13.5. The molecule has 0 saturated heterocycles. The molecule has 0 heterocycles. The van der Waals surface area contributed by atoms with Gasteiger partial charge in [-0.25, -0.2) is 0 Å². The van der Waals surface area contributed by atoms with E-state index < -0.39 is 0 Å². The van der Waals surface area contributed by atoms with E-state index in [0.29, 0.717) is 5.92 Å². The molecule has 1 amide bonds. The topological polar surface area (TPSA) is 46.3 Å². The molecular weight excluding hydrogens is 260 g/mol. The van der Waals surface area contributed by atoms with Crippen molar-refractivity contribution in [3.05, 3.63) is 0 Å². The summed E-state index contributed by atoms with van der Waals surface area (Å²) in [5.41, 5.74) is 6.27. The first-order chi connectivity index (χ1) is 8.03. The first-order valence-corrected chi connectivity index (χ1v) is 7.04. The van der Waals surface area contributed by atoms with Crippen LogP contribution in [0.4, 0.5) is 0 Å². The number of amides is 1. The predicted octanol–water partition coefficient (Wildman–Crippen LogP) is 2.92. The zero-order valence-corrected chi connectivity index (χ0v) is 14.3. The number of rotatable bonds is 5. The second kappa shape index (κ2) is 6.01. The van der Waals surface area contributed by atoms with E-state index in [1.165, 1.54) is 0 Å². The van der Waals surface area contributed by atoms with Gasteiger partial charge in [0, 0.05) is 25.6 Å². The van der Waals surface area contributed by atoms with Crippen LogP contribution in [0.1, 0.15) is 48.0 Å². The van der Waals surface area contributed by atoms with E-state index >= 15 is 0 Å². The summed E-state index contributed by atoms with van der Waals surface area (Å²) in [7, 11) is 1.90. The third kappa shape index (κ3) is 3.43. The summed E-state index contributed by atoms with van der Waals surface area (Å²) < 4.78 is 0. The van der Waals surface area contributed by atoms with E-state index in [-0.39, 0.29) is 41.1 Å². The lowest BCUT2D eigenvalue weighted by Gasteiger charge is -2.22. The quantitative estimate of drug-likeness (QED) is 0.846. The van der Waals surface area contributed by atoms with E-state index in [1.807, 2.05) is 11.9 Å². The fourth-order valence-corrected chi connectivity index (χ4v) is 2.82. The maximum absolute atomic E-state index is 12.4. The molecule has 3 nitrogen and oxygen atoms in total. The van der Waals surface area contributed by atoms with Gasteiger partial charge in [0.1, 0.15) is 0 Å². The van der Waals surface area contributed by atoms with Crippen LogP contribution in [0.25, 0.3) is 0 Å².